The predicted octanol–water partition coefficient (Wildman–Crippen LogP) is -0.887. The van der Waals surface area contributed by atoms with Gasteiger partial charge in [0.1, 0.15) is 11.8 Å². The summed E-state index contributed by atoms with van der Waals surface area (Å²) in [6.45, 7) is 0.511. The number of carbonyl (C=O) groups is 6. The molecule has 3 aliphatic heterocycles. The van der Waals surface area contributed by atoms with Crippen molar-refractivity contribution in [3.63, 3.8) is 0 Å². The van der Waals surface area contributed by atoms with E-state index < -0.39 is 61.1 Å². The number of likely N-dealkylation sites (tertiary alicyclic amines) is 1. The Balaban J connectivity index is 1.10. The van der Waals surface area contributed by atoms with Crippen molar-refractivity contribution in [2.75, 3.05) is 131 Å². The molecule has 2 aromatic rings. The van der Waals surface area contributed by atoms with Gasteiger partial charge < -0.3 is 35.2 Å². The molecule has 0 saturated carbocycles. The molecule has 1 aromatic heterocycles. The molecule has 0 aliphatic carbocycles. The van der Waals surface area contributed by atoms with Crippen LogP contribution in [0.1, 0.15) is 25.9 Å². The zero-order valence-electron chi connectivity index (χ0n) is 36.3. The van der Waals surface area contributed by atoms with E-state index in [0.29, 0.717) is 81.5 Å². The van der Waals surface area contributed by atoms with Gasteiger partial charge in [-0.1, -0.05) is 0 Å². The second-order valence-corrected chi connectivity index (χ2v) is 15.5. The van der Waals surface area contributed by atoms with Crippen LogP contribution in [-0.2, 0) is 24.0 Å². The van der Waals surface area contributed by atoms with Crippen LogP contribution >= 0.6 is 0 Å². The van der Waals surface area contributed by atoms with Crippen LogP contribution in [-0.4, -0.2) is 233 Å². The number of nitriles is 1. The summed E-state index contributed by atoms with van der Waals surface area (Å²) in [6, 6.07) is 6.17. The van der Waals surface area contributed by atoms with Crippen molar-refractivity contribution >= 4 is 46.5 Å². The molecule has 62 heavy (non-hydrogen) atoms. The number of pyridine rings is 1. The molecular weight excluding hydrogens is 818 g/mol. The van der Waals surface area contributed by atoms with Gasteiger partial charge >= 0.3 is 17.9 Å². The van der Waals surface area contributed by atoms with Crippen LogP contribution in [0, 0.1) is 11.3 Å². The molecule has 4 heterocycles. The monoisotopic (exact) mass is 874 g/mol. The second kappa shape index (κ2) is 22.5. The summed E-state index contributed by atoms with van der Waals surface area (Å²) >= 11 is 0. The fourth-order valence-corrected chi connectivity index (χ4v) is 7.58. The Morgan fingerprint density at radius 2 is 1.32 bits per heavy atom. The first-order valence-electron chi connectivity index (χ1n) is 21.3. The van der Waals surface area contributed by atoms with Gasteiger partial charge in [-0.3, -0.25) is 58.3 Å². The van der Waals surface area contributed by atoms with E-state index in [4.69, 9.17) is 7.48 Å². The Bertz CT molecular complexity index is 2030. The minimum atomic E-state index is -3.37. The van der Waals surface area contributed by atoms with Crippen molar-refractivity contribution in [3.8, 4) is 11.8 Å². The molecular formula is C40H54F2N10O10. The zero-order valence-corrected chi connectivity index (χ0v) is 34.3. The number of aromatic nitrogens is 1. The van der Waals surface area contributed by atoms with E-state index >= 15 is 0 Å². The summed E-state index contributed by atoms with van der Waals surface area (Å²) in [5.41, 5.74) is 0.329. The van der Waals surface area contributed by atoms with E-state index in [9.17, 15) is 58.1 Å². The van der Waals surface area contributed by atoms with Crippen LogP contribution in [0.15, 0.2) is 30.5 Å². The van der Waals surface area contributed by atoms with Gasteiger partial charge in [-0.25, -0.2) is 8.78 Å². The van der Waals surface area contributed by atoms with Gasteiger partial charge in [0, 0.05) is 103 Å². The number of carboxylic acid groups (broad SMARTS) is 3. The van der Waals surface area contributed by atoms with E-state index in [1.807, 2.05) is 10.2 Å². The Kier molecular flexibility index (Phi) is 16.1. The molecule has 338 valence electrons. The molecule has 3 fully saturated rings. The molecule has 20 nitrogen and oxygen atoms in total. The van der Waals surface area contributed by atoms with Crippen LogP contribution in [0.25, 0.3) is 10.9 Å². The molecule has 3 saturated heterocycles. The summed E-state index contributed by atoms with van der Waals surface area (Å²) in [5.74, 6) is -8.66. The molecule has 1 aromatic carbocycles. The number of fused-ring (bicyclic) bond motifs is 1. The number of carbonyl (C=O) groups excluding carboxylic acids is 3. The maximum absolute atomic E-state index is 14.0. The number of amides is 3. The lowest BCUT2D eigenvalue weighted by Gasteiger charge is -2.37. The van der Waals surface area contributed by atoms with Gasteiger partial charge in [0.2, 0.25) is 11.8 Å². The van der Waals surface area contributed by atoms with Gasteiger partial charge in [0.05, 0.1) is 65.7 Å². The molecule has 22 heteroatoms. The number of piperazine rings is 1. The number of hydrogen-bond acceptors (Lipinski definition) is 14. The Morgan fingerprint density at radius 3 is 1.85 bits per heavy atom. The van der Waals surface area contributed by atoms with Crippen LogP contribution < -0.4 is 10.1 Å². The van der Waals surface area contributed by atoms with Crippen molar-refractivity contribution in [2.45, 2.75) is 24.8 Å². The highest BCUT2D eigenvalue weighted by molar-refractivity contribution is 6.07. The van der Waals surface area contributed by atoms with Crippen molar-refractivity contribution in [1.29, 1.82) is 5.26 Å². The number of hydrogen-bond donors (Lipinski definition) is 4. The number of benzene rings is 1. The summed E-state index contributed by atoms with van der Waals surface area (Å²) in [5, 5.41) is 39.9. The van der Waals surface area contributed by atoms with Gasteiger partial charge in [0.15, 0.2) is 0 Å². The van der Waals surface area contributed by atoms with Gasteiger partial charge in [-0.05, 0) is 30.7 Å². The number of carboxylic acids is 3. The number of nitrogens with zero attached hydrogens (tertiary/aromatic N) is 9. The minimum Gasteiger partial charge on any atom is -0.494 e. The normalized spacial score (nSPS) is 20.9. The quantitative estimate of drug-likeness (QED) is 0.150. The fraction of sp³-hybridized carbons (Fsp3) is 0.600. The maximum atomic E-state index is 14.0. The van der Waals surface area contributed by atoms with Crippen LogP contribution in [0.5, 0.6) is 5.75 Å². The smallest absolute Gasteiger partial charge is 0.317 e. The lowest BCUT2D eigenvalue weighted by atomic mass is 10.1. The number of ether oxygens (including phenoxy) is 1. The summed E-state index contributed by atoms with van der Waals surface area (Å²) in [6.07, 6.45) is 0.997. The van der Waals surface area contributed by atoms with E-state index in [1.54, 1.807) is 43.9 Å². The Labute approximate surface area is 359 Å². The van der Waals surface area contributed by atoms with E-state index in [-0.39, 0.29) is 75.8 Å². The average Bonchev–Trinajstić information content (AvgIpc) is 3.56. The molecule has 0 radical (unpaired) electrons. The molecule has 3 amide bonds. The Hall–Kier alpha value is -5.60. The minimum absolute atomic E-state index is 0.0439. The topological polar surface area (TPSA) is 244 Å². The molecule has 3 aliphatic rings. The molecule has 0 unspecified atom stereocenters. The molecule has 0 bridgehead atoms. The SMILES string of the molecule is [2H]C([2H])(NC(=O)c1ccnc2ccc(OCCCN3CCN(C(=O)CN4CCN(CC(=O)O)CCN(CC(=O)O)CCN(CC(=O)O)CC4)CC3)cc12)C(=O)N1CC(F)(F)C[C@H]1C#N. The van der Waals surface area contributed by atoms with Crippen molar-refractivity contribution < 1.29 is 60.3 Å². The summed E-state index contributed by atoms with van der Waals surface area (Å²) in [4.78, 5) is 90.0. The first-order valence-corrected chi connectivity index (χ1v) is 20.3. The van der Waals surface area contributed by atoms with E-state index in [0.717, 1.165) is 0 Å². The highest BCUT2D eigenvalue weighted by atomic mass is 19.3. The highest BCUT2D eigenvalue weighted by Gasteiger charge is 2.47. The maximum Gasteiger partial charge on any atom is 0.317 e. The molecule has 1 atom stereocenters. The summed E-state index contributed by atoms with van der Waals surface area (Å²) < 4.78 is 50.2. The third-order valence-electron chi connectivity index (χ3n) is 10.9. The van der Waals surface area contributed by atoms with Gasteiger partial charge in [-0.15, -0.1) is 0 Å². The molecule has 5 rings (SSSR count). The van der Waals surface area contributed by atoms with Crippen LogP contribution in [0.3, 0.4) is 0 Å². The third kappa shape index (κ3) is 14.5. The third-order valence-corrected chi connectivity index (χ3v) is 10.9. The zero-order chi connectivity index (χ0) is 46.6. The first-order chi connectivity index (χ1) is 30.3. The number of rotatable bonds is 16. The van der Waals surface area contributed by atoms with Gasteiger partial charge in [-0.2, -0.15) is 5.26 Å². The first kappa shape index (κ1) is 44.5. The predicted molar refractivity (Wildman–Crippen MR) is 217 cm³/mol. The lowest BCUT2D eigenvalue weighted by Crippen LogP contribution is -2.53. The number of nitrogens with one attached hydrogen (secondary N) is 1. The van der Waals surface area contributed by atoms with E-state index in [1.165, 1.54) is 12.3 Å². The standard InChI is InChI=1S/C40H54F2N10O10/c41-40(42)21-29(22-43)52(28-40)34(53)23-45-39(61)31-4-5-44-33-3-2-30(20-32(31)33)62-19-1-6-46-15-17-51(18-16-46)35(54)24-47-7-9-48(25-36(55)56)11-13-50(27-38(59)60)14-12-49(10-8-47)26-37(57)58/h2-5,20,29H,1,6-19,21,23-28H2,(H,45,61)(H,55,56)(H,57,58)(H,59,60)/t29-/m0/s1/i23D2. The van der Waals surface area contributed by atoms with Crippen LogP contribution in [0.4, 0.5) is 8.78 Å². The highest BCUT2D eigenvalue weighted by Crippen LogP contribution is 2.31. The summed E-state index contributed by atoms with van der Waals surface area (Å²) in [7, 11) is 0. The van der Waals surface area contributed by atoms with E-state index in [2.05, 4.69) is 9.88 Å². The molecule has 4 N–H and O–H groups in total. The number of alkyl halides is 2. The Morgan fingerprint density at radius 1 is 0.790 bits per heavy atom. The fourth-order valence-electron chi connectivity index (χ4n) is 7.58. The van der Waals surface area contributed by atoms with Crippen LogP contribution in [0.2, 0.25) is 0 Å². The van der Waals surface area contributed by atoms with Gasteiger partial charge in [0.25, 0.3) is 11.8 Å². The average molecular weight is 875 g/mol. The lowest BCUT2D eigenvalue weighted by molar-refractivity contribution is -0.141. The number of halogens is 2. The largest absolute Gasteiger partial charge is 0.494 e. The number of aliphatic carboxylic acids is 3. The molecule has 0 spiro atoms. The van der Waals surface area contributed by atoms with Crippen molar-refractivity contribution in [2.24, 2.45) is 0 Å². The van der Waals surface area contributed by atoms with Crippen molar-refractivity contribution in [1.82, 2.24) is 44.6 Å². The second-order valence-electron chi connectivity index (χ2n) is 15.5. The van der Waals surface area contributed by atoms with Crippen molar-refractivity contribution in [3.05, 3.63) is 36.0 Å².